The monoisotopic (exact) mass is 400 g/mol. The summed E-state index contributed by atoms with van der Waals surface area (Å²) in [6.45, 7) is 5.09. The number of nitrogens with one attached hydrogen (secondary N) is 1. The molecule has 3 aromatic rings. The molecule has 1 aromatic heterocycles. The van der Waals surface area contributed by atoms with E-state index in [1.807, 2.05) is 30.3 Å². The zero-order valence-corrected chi connectivity index (χ0v) is 16.8. The molecule has 3 rings (SSSR count). The van der Waals surface area contributed by atoms with E-state index in [1.54, 1.807) is 24.3 Å². The lowest BCUT2D eigenvalue weighted by molar-refractivity contribution is -0.113. The van der Waals surface area contributed by atoms with Crippen molar-refractivity contribution in [3.05, 3.63) is 59.6 Å². The van der Waals surface area contributed by atoms with Gasteiger partial charge in [0.2, 0.25) is 5.91 Å². The van der Waals surface area contributed by atoms with Crippen LogP contribution in [0.5, 0.6) is 0 Å². The number of nitrogens with zero attached hydrogens (tertiary/aromatic N) is 3. The van der Waals surface area contributed by atoms with Crippen molar-refractivity contribution in [2.75, 3.05) is 11.1 Å². The maximum absolute atomic E-state index is 12.3. The second-order valence-electron chi connectivity index (χ2n) is 6.52. The minimum Gasteiger partial charge on any atom is -0.325 e. The summed E-state index contributed by atoms with van der Waals surface area (Å²) in [5.41, 5.74) is 1.74. The highest BCUT2D eigenvalue weighted by Crippen LogP contribution is 2.25. The van der Waals surface area contributed by atoms with Crippen LogP contribution in [0, 0.1) is 5.92 Å². The molecule has 2 aromatic carbocycles. The van der Waals surface area contributed by atoms with Crippen LogP contribution in [0.1, 0.15) is 13.8 Å². The molecule has 0 aliphatic rings. The average Bonchev–Trinajstić information content (AvgIpc) is 3.04. The molecule has 0 radical (unpaired) electrons. The third-order valence-corrected chi connectivity index (χ3v) is 4.98. The van der Waals surface area contributed by atoms with Crippen LogP contribution in [0.3, 0.4) is 0 Å². The van der Waals surface area contributed by atoms with Gasteiger partial charge in [-0.25, -0.2) is 0 Å². The van der Waals surface area contributed by atoms with Crippen LogP contribution in [0.2, 0.25) is 5.02 Å². The number of hydrogen-bond acceptors (Lipinski definition) is 4. The predicted molar refractivity (Wildman–Crippen MR) is 111 cm³/mol. The van der Waals surface area contributed by atoms with E-state index in [0.29, 0.717) is 10.9 Å². The normalized spacial score (nSPS) is 11.0. The van der Waals surface area contributed by atoms with Gasteiger partial charge in [-0.3, -0.25) is 4.79 Å². The van der Waals surface area contributed by atoms with Crippen LogP contribution in [0.4, 0.5) is 5.69 Å². The molecule has 1 amide bonds. The Balaban J connectivity index is 1.71. The summed E-state index contributed by atoms with van der Waals surface area (Å²) in [5.74, 6) is 1.42. The number of carbonyl (C=O) groups is 1. The van der Waals surface area contributed by atoms with Gasteiger partial charge in [-0.2, -0.15) is 0 Å². The Labute approximate surface area is 168 Å². The first-order valence-electron chi connectivity index (χ1n) is 8.70. The van der Waals surface area contributed by atoms with Crippen LogP contribution in [0.25, 0.3) is 11.4 Å². The molecule has 140 valence electrons. The minimum absolute atomic E-state index is 0.0947. The molecule has 0 aliphatic carbocycles. The smallest absolute Gasteiger partial charge is 0.234 e. The van der Waals surface area contributed by atoms with Gasteiger partial charge >= 0.3 is 0 Å². The third kappa shape index (κ3) is 5.34. The van der Waals surface area contributed by atoms with Gasteiger partial charge < -0.3 is 9.88 Å². The Bertz CT molecular complexity index is 894. The lowest BCUT2D eigenvalue weighted by Crippen LogP contribution is -2.15. The third-order valence-electron chi connectivity index (χ3n) is 3.76. The van der Waals surface area contributed by atoms with E-state index >= 15 is 0 Å². The highest BCUT2D eigenvalue weighted by atomic mass is 35.5. The Morgan fingerprint density at radius 2 is 1.81 bits per heavy atom. The molecule has 0 saturated heterocycles. The van der Waals surface area contributed by atoms with Crippen molar-refractivity contribution >= 4 is 35.0 Å². The van der Waals surface area contributed by atoms with E-state index in [0.717, 1.165) is 28.8 Å². The minimum atomic E-state index is -0.0947. The van der Waals surface area contributed by atoms with Crippen molar-refractivity contribution in [3.63, 3.8) is 0 Å². The van der Waals surface area contributed by atoms with Gasteiger partial charge in [0.05, 0.1) is 5.75 Å². The van der Waals surface area contributed by atoms with E-state index in [1.165, 1.54) is 11.8 Å². The van der Waals surface area contributed by atoms with E-state index in [2.05, 4.69) is 33.9 Å². The van der Waals surface area contributed by atoms with Crippen LogP contribution < -0.4 is 5.32 Å². The first-order chi connectivity index (χ1) is 13.0. The summed E-state index contributed by atoms with van der Waals surface area (Å²) in [5, 5.41) is 12.9. The summed E-state index contributed by atoms with van der Waals surface area (Å²) in [6, 6.07) is 17.0. The summed E-state index contributed by atoms with van der Waals surface area (Å²) in [6.07, 6.45) is 0. The quantitative estimate of drug-likeness (QED) is 0.568. The number of hydrogen-bond donors (Lipinski definition) is 1. The van der Waals surface area contributed by atoms with Crippen LogP contribution in [-0.2, 0) is 11.3 Å². The number of benzene rings is 2. The molecule has 0 atom stereocenters. The lowest BCUT2D eigenvalue weighted by atomic mass is 10.2. The number of aromatic nitrogens is 3. The summed E-state index contributed by atoms with van der Waals surface area (Å²) in [7, 11) is 0. The standard InChI is InChI=1S/C20H21ClN4OS/c1-14(2)12-25-19(15-6-4-3-5-7-15)23-24-20(25)27-13-18(26)22-17-10-8-16(21)9-11-17/h3-11,14H,12-13H2,1-2H3,(H,22,26). The molecule has 0 bridgehead atoms. The van der Waals surface area contributed by atoms with Crippen molar-refractivity contribution in [3.8, 4) is 11.4 Å². The predicted octanol–water partition coefficient (Wildman–Crippen LogP) is 4.99. The van der Waals surface area contributed by atoms with Gasteiger partial charge in [0, 0.05) is 22.8 Å². The van der Waals surface area contributed by atoms with Gasteiger partial charge in [-0.15, -0.1) is 10.2 Å². The van der Waals surface area contributed by atoms with Crippen molar-refractivity contribution in [1.29, 1.82) is 0 Å². The lowest BCUT2D eigenvalue weighted by Gasteiger charge is -2.12. The highest BCUT2D eigenvalue weighted by molar-refractivity contribution is 7.99. The molecule has 5 nitrogen and oxygen atoms in total. The molecule has 7 heteroatoms. The number of carbonyl (C=O) groups excluding carboxylic acids is 1. The fraction of sp³-hybridized carbons (Fsp3) is 0.250. The van der Waals surface area contributed by atoms with Gasteiger partial charge in [-0.1, -0.05) is 67.5 Å². The molecule has 1 heterocycles. The molecular weight excluding hydrogens is 380 g/mol. The maximum Gasteiger partial charge on any atom is 0.234 e. The number of thioether (sulfide) groups is 1. The van der Waals surface area contributed by atoms with Crippen LogP contribution >= 0.6 is 23.4 Å². The van der Waals surface area contributed by atoms with Crippen LogP contribution in [-0.4, -0.2) is 26.4 Å². The van der Waals surface area contributed by atoms with E-state index in [4.69, 9.17) is 11.6 Å². The Morgan fingerprint density at radius 3 is 2.48 bits per heavy atom. The molecule has 0 aliphatic heterocycles. The van der Waals surface area contributed by atoms with Gasteiger partial charge in [0.15, 0.2) is 11.0 Å². The van der Waals surface area contributed by atoms with Crippen molar-refractivity contribution < 1.29 is 4.79 Å². The molecular formula is C20H21ClN4OS. The van der Waals surface area contributed by atoms with Gasteiger partial charge in [0.1, 0.15) is 0 Å². The van der Waals surface area contributed by atoms with Crippen molar-refractivity contribution in [2.45, 2.75) is 25.5 Å². The largest absolute Gasteiger partial charge is 0.325 e. The number of rotatable bonds is 7. The molecule has 0 spiro atoms. The fourth-order valence-electron chi connectivity index (χ4n) is 2.59. The molecule has 0 unspecified atom stereocenters. The topological polar surface area (TPSA) is 59.8 Å². The van der Waals surface area contributed by atoms with E-state index in [-0.39, 0.29) is 11.7 Å². The maximum atomic E-state index is 12.3. The first kappa shape index (κ1) is 19.5. The Hall–Kier alpha value is -2.31. The van der Waals surface area contributed by atoms with Gasteiger partial charge in [0.25, 0.3) is 0 Å². The fourth-order valence-corrected chi connectivity index (χ4v) is 3.46. The Kier molecular flexibility index (Phi) is 6.53. The molecule has 0 saturated carbocycles. The second-order valence-corrected chi connectivity index (χ2v) is 7.90. The van der Waals surface area contributed by atoms with Crippen molar-refractivity contribution in [1.82, 2.24) is 14.8 Å². The first-order valence-corrected chi connectivity index (χ1v) is 10.1. The molecule has 27 heavy (non-hydrogen) atoms. The summed E-state index contributed by atoms with van der Waals surface area (Å²) in [4.78, 5) is 12.3. The van der Waals surface area contributed by atoms with Gasteiger partial charge in [-0.05, 0) is 30.2 Å². The number of amides is 1. The average molecular weight is 401 g/mol. The second kappa shape index (κ2) is 9.06. The number of halogens is 1. The Morgan fingerprint density at radius 1 is 1.11 bits per heavy atom. The zero-order valence-electron chi connectivity index (χ0n) is 15.2. The molecule has 1 N–H and O–H groups in total. The molecule has 0 fully saturated rings. The SMILES string of the molecule is CC(C)Cn1c(SCC(=O)Nc2ccc(Cl)cc2)nnc1-c1ccccc1. The zero-order chi connectivity index (χ0) is 19.2. The summed E-state index contributed by atoms with van der Waals surface area (Å²) >= 11 is 7.25. The van der Waals surface area contributed by atoms with E-state index in [9.17, 15) is 4.79 Å². The van der Waals surface area contributed by atoms with Crippen LogP contribution in [0.15, 0.2) is 59.8 Å². The number of anilines is 1. The van der Waals surface area contributed by atoms with Crippen molar-refractivity contribution in [2.24, 2.45) is 5.92 Å². The summed E-state index contributed by atoms with van der Waals surface area (Å²) < 4.78 is 2.08. The van der Waals surface area contributed by atoms with E-state index < -0.39 is 0 Å². The highest BCUT2D eigenvalue weighted by Gasteiger charge is 2.16.